The minimum absolute atomic E-state index is 0.0458. The van der Waals surface area contributed by atoms with Crippen LogP contribution in [-0.4, -0.2) is 30.5 Å². The highest BCUT2D eigenvalue weighted by Crippen LogP contribution is 2.39. The predicted molar refractivity (Wildman–Crippen MR) is 80.2 cm³/mol. The molecule has 12 heteroatoms. The van der Waals surface area contributed by atoms with Crippen molar-refractivity contribution in [3.8, 4) is 0 Å². The summed E-state index contributed by atoms with van der Waals surface area (Å²) in [5.74, 6) is -1.19. The zero-order valence-corrected chi connectivity index (χ0v) is 12.7. The number of benzene rings is 1. The zero-order valence-electron chi connectivity index (χ0n) is 11.8. The second kappa shape index (κ2) is 6.05. The fraction of sp³-hybridized carbons (Fsp3) is 0.273. The quantitative estimate of drug-likeness (QED) is 0.213. The van der Waals surface area contributed by atoms with Crippen molar-refractivity contribution < 1.29 is 19.3 Å². The summed E-state index contributed by atoms with van der Waals surface area (Å²) in [6.45, 7) is 1.09. The summed E-state index contributed by atoms with van der Waals surface area (Å²) in [6, 6.07) is 2.23. The Morgan fingerprint density at radius 3 is 2.48 bits per heavy atom. The minimum Gasteiger partial charge on any atom is -0.323 e. The third-order valence-corrected chi connectivity index (χ3v) is 4.39. The number of aromatic amines is 2. The molecule has 0 aliphatic heterocycles. The molecule has 0 amide bonds. The van der Waals surface area contributed by atoms with Crippen LogP contribution in [0.3, 0.4) is 0 Å². The second-order valence-corrected chi connectivity index (χ2v) is 6.79. The van der Waals surface area contributed by atoms with Crippen molar-refractivity contribution in [2.45, 2.75) is 19.3 Å². The number of nitro benzene ring substituents is 1. The molecule has 124 valence electrons. The fourth-order valence-electron chi connectivity index (χ4n) is 1.90. The molecule has 0 aliphatic carbocycles. The number of nitrogens with zero attached hydrogens (tertiary/aromatic N) is 1. The van der Waals surface area contributed by atoms with Gasteiger partial charge in [0.2, 0.25) is 0 Å². The monoisotopic (exact) mass is 344 g/mol. The highest BCUT2D eigenvalue weighted by Gasteiger charge is 2.23. The van der Waals surface area contributed by atoms with E-state index in [9.17, 15) is 24.3 Å². The van der Waals surface area contributed by atoms with E-state index >= 15 is 0 Å². The van der Waals surface area contributed by atoms with Crippen molar-refractivity contribution >= 4 is 24.3 Å². The Bertz CT molecular complexity index is 928. The van der Waals surface area contributed by atoms with Crippen LogP contribution in [0.1, 0.15) is 12.5 Å². The number of hydrogen-bond donors (Lipinski definition) is 5. The summed E-state index contributed by atoms with van der Waals surface area (Å²) in [5, 5.41) is 13.5. The number of nitro groups is 1. The van der Waals surface area contributed by atoms with Crippen LogP contribution >= 0.6 is 7.60 Å². The molecule has 0 radical (unpaired) electrons. The molecule has 1 aromatic heterocycles. The Labute approximate surface area is 127 Å². The van der Waals surface area contributed by atoms with Crippen molar-refractivity contribution in [2.24, 2.45) is 0 Å². The fourth-order valence-corrected chi connectivity index (χ4v) is 2.23. The van der Waals surface area contributed by atoms with Crippen molar-refractivity contribution in [3.63, 3.8) is 0 Å². The minimum atomic E-state index is -4.38. The molecule has 0 spiro atoms. The molecule has 0 saturated heterocycles. The number of hydrogen-bond acceptors (Lipinski definition) is 6. The maximum atomic E-state index is 11.4. The predicted octanol–water partition coefficient (Wildman–Crippen LogP) is -0.262. The molecule has 2 rings (SSSR count). The lowest BCUT2D eigenvalue weighted by atomic mass is 10.1. The summed E-state index contributed by atoms with van der Waals surface area (Å²) in [5.41, 5.74) is -1.82. The van der Waals surface area contributed by atoms with Gasteiger partial charge >= 0.3 is 18.7 Å². The Morgan fingerprint density at radius 1 is 1.30 bits per heavy atom. The van der Waals surface area contributed by atoms with Gasteiger partial charge in [-0.2, -0.15) is 0 Å². The highest BCUT2D eigenvalue weighted by atomic mass is 31.2. The SMILES string of the molecule is C[C@@H](NCc1cc([N+](=O)[O-])cc2[nH]c(=O)c(=O)[nH]c12)P(=O)(O)O. The van der Waals surface area contributed by atoms with Gasteiger partial charge in [-0.3, -0.25) is 29.6 Å². The largest absolute Gasteiger partial charge is 0.342 e. The Balaban J connectivity index is 2.54. The Morgan fingerprint density at radius 2 is 1.91 bits per heavy atom. The molecule has 5 N–H and O–H groups in total. The highest BCUT2D eigenvalue weighted by molar-refractivity contribution is 7.52. The maximum Gasteiger partial charge on any atom is 0.342 e. The molecule has 2 aromatic rings. The number of non-ortho nitro benzene ring substituents is 1. The number of nitrogens with one attached hydrogen (secondary N) is 3. The number of aromatic nitrogens is 2. The molecule has 0 fully saturated rings. The van der Waals surface area contributed by atoms with Crippen molar-refractivity contribution in [2.75, 3.05) is 0 Å². The van der Waals surface area contributed by atoms with Gasteiger partial charge in [0, 0.05) is 18.7 Å². The van der Waals surface area contributed by atoms with Gasteiger partial charge in [-0.15, -0.1) is 0 Å². The van der Waals surface area contributed by atoms with Gasteiger partial charge in [0.1, 0.15) is 5.78 Å². The molecular formula is C11H13N4O7P. The molecule has 1 atom stereocenters. The van der Waals surface area contributed by atoms with Crippen molar-refractivity contribution in [1.82, 2.24) is 15.3 Å². The lowest BCUT2D eigenvalue weighted by Gasteiger charge is -2.15. The van der Waals surface area contributed by atoms with E-state index in [1.807, 2.05) is 0 Å². The van der Waals surface area contributed by atoms with Crippen LogP contribution in [0.5, 0.6) is 0 Å². The lowest BCUT2D eigenvalue weighted by Crippen LogP contribution is -2.30. The van der Waals surface area contributed by atoms with Crippen molar-refractivity contribution in [3.05, 3.63) is 48.5 Å². The molecule has 1 aromatic carbocycles. The maximum absolute atomic E-state index is 11.4. The van der Waals surface area contributed by atoms with Gasteiger partial charge in [0.15, 0.2) is 0 Å². The van der Waals surface area contributed by atoms with Crippen LogP contribution in [-0.2, 0) is 11.1 Å². The van der Waals surface area contributed by atoms with Gasteiger partial charge in [-0.25, -0.2) is 0 Å². The van der Waals surface area contributed by atoms with E-state index in [-0.39, 0.29) is 28.8 Å². The first kappa shape index (κ1) is 17.0. The van der Waals surface area contributed by atoms with Gasteiger partial charge in [0.25, 0.3) is 5.69 Å². The normalized spacial score (nSPS) is 13.2. The van der Waals surface area contributed by atoms with Crippen LogP contribution < -0.4 is 16.4 Å². The second-order valence-electron chi connectivity index (χ2n) is 4.84. The molecular weight excluding hydrogens is 331 g/mol. The van der Waals surface area contributed by atoms with Crippen LogP contribution in [0, 0.1) is 10.1 Å². The molecule has 0 bridgehead atoms. The van der Waals surface area contributed by atoms with Crippen LogP contribution in [0.15, 0.2) is 21.7 Å². The lowest BCUT2D eigenvalue weighted by molar-refractivity contribution is -0.384. The van der Waals surface area contributed by atoms with E-state index in [0.29, 0.717) is 0 Å². The number of rotatable bonds is 5. The van der Waals surface area contributed by atoms with Crippen LogP contribution in [0.2, 0.25) is 0 Å². The smallest absolute Gasteiger partial charge is 0.323 e. The van der Waals surface area contributed by atoms with Gasteiger partial charge in [-0.1, -0.05) is 0 Å². The molecule has 23 heavy (non-hydrogen) atoms. The summed E-state index contributed by atoms with van der Waals surface area (Å²) in [7, 11) is -4.38. The number of H-pyrrole nitrogens is 2. The summed E-state index contributed by atoms with van der Waals surface area (Å²) < 4.78 is 11.1. The summed E-state index contributed by atoms with van der Waals surface area (Å²) in [6.07, 6.45) is 0. The van der Waals surface area contributed by atoms with Gasteiger partial charge in [0.05, 0.1) is 16.0 Å². The molecule has 11 nitrogen and oxygen atoms in total. The Hall–Kier alpha value is -2.33. The first-order valence-electron chi connectivity index (χ1n) is 6.32. The van der Waals surface area contributed by atoms with E-state index in [2.05, 4.69) is 15.3 Å². The van der Waals surface area contributed by atoms with Crippen LogP contribution in [0.25, 0.3) is 11.0 Å². The standard InChI is InChI=1S/C11H13N4O7P/c1-5(23(20,21)22)12-4-6-2-7(15(18)19)3-8-9(6)14-11(17)10(16)13-8/h2-3,5,12H,4H2,1H3,(H,13,16)(H,14,17)(H2,20,21,22)/t5-/m0/s1. The van der Waals surface area contributed by atoms with Gasteiger partial charge < -0.3 is 19.8 Å². The molecule has 0 saturated carbocycles. The average Bonchev–Trinajstić information content (AvgIpc) is 2.44. The summed E-state index contributed by atoms with van der Waals surface area (Å²) >= 11 is 0. The van der Waals surface area contributed by atoms with E-state index in [4.69, 9.17) is 9.79 Å². The first-order chi connectivity index (χ1) is 10.6. The van der Waals surface area contributed by atoms with E-state index in [1.54, 1.807) is 0 Å². The Kier molecular flexibility index (Phi) is 4.48. The topological polar surface area (TPSA) is 178 Å². The third kappa shape index (κ3) is 3.71. The average molecular weight is 344 g/mol. The van der Waals surface area contributed by atoms with Crippen LogP contribution in [0.4, 0.5) is 5.69 Å². The van der Waals surface area contributed by atoms with Gasteiger partial charge in [-0.05, 0) is 12.5 Å². The first-order valence-corrected chi connectivity index (χ1v) is 8.00. The third-order valence-electron chi connectivity index (χ3n) is 3.20. The number of fused-ring (bicyclic) bond motifs is 1. The molecule has 0 unspecified atom stereocenters. The van der Waals surface area contributed by atoms with E-state index < -0.39 is 29.4 Å². The molecule has 0 aliphatic rings. The summed E-state index contributed by atoms with van der Waals surface area (Å²) in [4.78, 5) is 55.6. The van der Waals surface area contributed by atoms with Crippen molar-refractivity contribution in [1.29, 1.82) is 0 Å². The molecule has 1 heterocycles. The zero-order chi connectivity index (χ0) is 17.4. The van der Waals surface area contributed by atoms with E-state index in [0.717, 1.165) is 12.1 Å². The van der Waals surface area contributed by atoms with E-state index in [1.165, 1.54) is 6.92 Å².